The van der Waals surface area contributed by atoms with Gasteiger partial charge in [0.15, 0.2) is 12.0 Å². The number of phenolic OH excluding ortho intramolecular Hbond substituents is 1. The molecule has 0 unspecified atom stereocenters. The number of anilines is 1. The smallest absolute Gasteiger partial charge is 0.225 e. The summed E-state index contributed by atoms with van der Waals surface area (Å²) in [4.78, 5) is 15.7. The van der Waals surface area contributed by atoms with E-state index in [4.69, 9.17) is 4.42 Å². The Hall–Kier alpha value is -2.04. The molecule has 5 heteroatoms. The summed E-state index contributed by atoms with van der Waals surface area (Å²) in [5.41, 5.74) is 1.32. The third-order valence-electron chi connectivity index (χ3n) is 2.41. The van der Waals surface area contributed by atoms with Crippen molar-refractivity contribution in [3.05, 3.63) is 18.5 Å². The molecule has 1 aromatic carbocycles. The molecule has 0 saturated carbocycles. The Morgan fingerprint density at radius 2 is 2.17 bits per heavy atom. The van der Waals surface area contributed by atoms with E-state index in [1.54, 1.807) is 6.07 Å². The topological polar surface area (TPSA) is 75.4 Å². The summed E-state index contributed by atoms with van der Waals surface area (Å²) in [5, 5.41) is 12.4. The fraction of sp³-hybridized carbons (Fsp3) is 0.385. The summed E-state index contributed by atoms with van der Waals surface area (Å²) in [6.45, 7) is 5.93. The molecule has 2 N–H and O–H groups in total. The van der Waals surface area contributed by atoms with Crippen LogP contribution in [0.25, 0.3) is 11.1 Å². The van der Waals surface area contributed by atoms with Gasteiger partial charge in [-0.25, -0.2) is 4.98 Å². The predicted octanol–water partition coefficient (Wildman–Crippen LogP) is 2.91. The number of carbonyl (C=O) groups excluding carboxylic acids is 1. The fourth-order valence-corrected chi connectivity index (χ4v) is 1.67. The molecule has 1 aromatic heterocycles. The van der Waals surface area contributed by atoms with Crippen LogP contribution in [0.1, 0.15) is 27.2 Å². The van der Waals surface area contributed by atoms with Gasteiger partial charge in [0.05, 0.1) is 5.69 Å². The van der Waals surface area contributed by atoms with Crippen LogP contribution in [0.2, 0.25) is 0 Å². The minimum absolute atomic E-state index is 0.0151. The molecule has 0 atom stereocenters. The zero-order valence-corrected chi connectivity index (χ0v) is 10.7. The van der Waals surface area contributed by atoms with Crippen LogP contribution >= 0.6 is 0 Å². The van der Waals surface area contributed by atoms with Crippen LogP contribution in [-0.4, -0.2) is 16.0 Å². The zero-order valence-electron chi connectivity index (χ0n) is 10.7. The Balaban J connectivity index is 2.20. The predicted molar refractivity (Wildman–Crippen MR) is 68.4 cm³/mol. The van der Waals surface area contributed by atoms with E-state index in [9.17, 15) is 9.90 Å². The number of phenols is 1. The van der Waals surface area contributed by atoms with Crippen molar-refractivity contribution in [2.75, 3.05) is 5.32 Å². The molecule has 0 bridgehead atoms. The molecular formula is C13H16N2O3. The van der Waals surface area contributed by atoms with Gasteiger partial charge in [-0.05, 0) is 5.41 Å². The molecule has 2 rings (SSSR count). The largest absolute Gasteiger partial charge is 0.506 e. The van der Waals surface area contributed by atoms with Gasteiger partial charge in [-0.15, -0.1) is 0 Å². The highest BCUT2D eigenvalue weighted by molar-refractivity contribution is 5.95. The number of nitrogens with one attached hydrogen (secondary N) is 1. The summed E-state index contributed by atoms with van der Waals surface area (Å²) in [6.07, 6.45) is 1.67. The molecule has 1 heterocycles. The molecule has 96 valence electrons. The second-order valence-electron chi connectivity index (χ2n) is 5.48. The van der Waals surface area contributed by atoms with E-state index < -0.39 is 0 Å². The molecule has 18 heavy (non-hydrogen) atoms. The van der Waals surface area contributed by atoms with Crippen molar-refractivity contribution in [1.82, 2.24) is 4.98 Å². The maximum Gasteiger partial charge on any atom is 0.225 e. The molecule has 1 amide bonds. The second kappa shape index (κ2) is 4.33. The Morgan fingerprint density at radius 3 is 2.83 bits per heavy atom. The number of fused-ring (bicyclic) bond motifs is 1. The number of nitrogens with zero attached hydrogens (tertiary/aromatic N) is 1. The number of carbonyl (C=O) groups is 1. The molecule has 0 spiro atoms. The number of oxazole rings is 1. The van der Waals surface area contributed by atoms with Crippen LogP contribution in [0, 0.1) is 5.41 Å². The van der Waals surface area contributed by atoms with Crippen LogP contribution in [0.5, 0.6) is 5.75 Å². The summed E-state index contributed by atoms with van der Waals surface area (Å²) in [6, 6.07) is 3.03. The highest BCUT2D eigenvalue weighted by Crippen LogP contribution is 2.29. The maximum absolute atomic E-state index is 11.8. The van der Waals surface area contributed by atoms with Crippen molar-refractivity contribution >= 4 is 22.7 Å². The Morgan fingerprint density at radius 1 is 1.44 bits per heavy atom. The summed E-state index contributed by atoms with van der Waals surface area (Å²) >= 11 is 0. The van der Waals surface area contributed by atoms with E-state index in [1.165, 1.54) is 12.5 Å². The summed E-state index contributed by atoms with van der Waals surface area (Å²) < 4.78 is 5.12. The average Bonchev–Trinajstić information content (AvgIpc) is 2.62. The van der Waals surface area contributed by atoms with E-state index in [0.717, 1.165) is 0 Å². The normalized spacial score (nSPS) is 11.7. The van der Waals surface area contributed by atoms with Gasteiger partial charge in [-0.1, -0.05) is 20.8 Å². The molecule has 0 aliphatic carbocycles. The Kier molecular flexibility index (Phi) is 2.98. The summed E-state index contributed by atoms with van der Waals surface area (Å²) in [5.74, 6) is -0.157. The Labute approximate surface area is 105 Å². The van der Waals surface area contributed by atoms with Crippen molar-refractivity contribution in [3.63, 3.8) is 0 Å². The van der Waals surface area contributed by atoms with Crippen LogP contribution in [-0.2, 0) is 4.79 Å². The zero-order chi connectivity index (χ0) is 13.3. The molecule has 0 aliphatic heterocycles. The van der Waals surface area contributed by atoms with E-state index in [-0.39, 0.29) is 17.1 Å². The molecule has 0 radical (unpaired) electrons. The number of rotatable bonds is 2. The second-order valence-corrected chi connectivity index (χ2v) is 5.48. The van der Waals surface area contributed by atoms with E-state index in [2.05, 4.69) is 10.3 Å². The van der Waals surface area contributed by atoms with Gasteiger partial charge in [0.2, 0.25) is 5.91 Å². The summed E-state index contributed by atoms with van der Waals surface area (Å²) in [7, 11) is 0. The number of amides is 1. The van der Waals surface area contributed by atoms with E-state index in [1.807, 2.05) is 20.8 Å². The lowest BCUT2D eigenvalue weighted by molar-refractivity contribution is -0.117. The molecule has 0 fully saturated rings. The first-order chi connectivity index (χ1) is 8.35. The van der Waals surface area contributed by atoms with Gasteiger partial charge >= 0.3 is 0 Å². The standard InChI is InChI=1S/C13H16N2O3/c1-13(2,3)6-12(17)15-8-5-11-9(4-10(8)16)14-7-18-11/h4-5,7,16H,6H2,1-3H3,(H,15,17). The van der Waals surface area contributed by atoms with Crippen molar-refractivity contribution < 1.29 is 14.3 Å². The maximum atomic E-state index is 11.8. The fourth-order valence-electron chi connectivity index (χ4n) is 1.67. The molecule has 0 saturated heterocycles. The first-order valence-corrected chi connectivity index (χ1v) is 5.71. The van der Waals surface area contributed by atoms with Gasteiger partial charge in [-0.3, -0.25) is 4.79 Å². The third kappa shape index (κ3) is 2.80. The van der Waals surface area contributed by atoms with E-state index in [0.29, 0.717) is 23.2 Å². The van der Waals surface area contributed by atoms with Crippen molar-refractivity contribution in [1.29, 1.82) is 0 Å². The minimum Gasteiger partial charge on any atom is -0.506 e. The molecular weight excluding hydrogens is 232 g/mol. The lowest BCUT2D eigenvalue weighted by atomic mass is 9.92. The van der Waals surface area contributed by atoms with Crippen molar-refractivity contribution in [3.8, 4) is 5.75 Å². The minimum atomic E-state index is -0.142. The van der Waals surface area contributed by atoms with Crippen LogP contribution in [0.4, 0.5) is 5.69 Å². The monoisotopic (exact) mass is 248 g/mol. The van der Waals surface area contributed by atoms with Gasteiger partial charge in [0.1, 0.15) is 11.3 Å². The number of benzene rings is 1. The van der Waals surface area contributed by atoms with Gasteiger partial charge in [0.25, 0.3) is 0 Å². The third-order valence-corrected chi connectivity index (χ3v) is 2.41. The average molecular weight is 248 g/mol. The van der Waals surface area contributed by atoms with Gasteiger partial charge in [-0.2, -0.15) is 0 Å². The van der Waals surface area contributed by atoms with Gasteiger partial charge < -0.3 is 14.8 Å². The number of hydrogen-bond acceptors (Lipinski definition) is 4. The Bertz CT molecular complexity index is 581. The lowest BCUT2D eigenvalue weighted by Gasteiger charge is -2.17. The highest BCUT2D eigenvalue weighted by Gasteiger charge is 2.17. The molecule has 2 aromatic rings. The first kappa shape index (κ1) is 12.4. The van der Waals surface area contributed by atoms with Crippen molar-refractivity contribution in [2.45, 2.75) is 27.2 Å². The van der Waals surface area contributed by atoms with Crippen molar-refractivity contribution in [2.24, 2.45) is 5.41 Å². The van der Waals surface area contributed by atoms with Crippen LogP contribution in [0.15, 0.2) is 22.9 Å². The van der Waals surface area contributed by atoms with Gasteiger partial charge in [0, 0.05) is 18.6 Å². The number of aromatic nitrogens is 1. The SMILES string of the molecule is CC(C)(C)CC(=O)Nc1cc2ocnc2cc1O. The van der Waals surface area contributed by atoms with E-state index >= 15 is 0 Å². The first-order valence-electron chi connectivity index (χ1n) is 5.71. The number of aromatic hydroxyl groups is 1. The molecule has 5 nitrogen and oxygen atoms in total. The highest BCUT2D eigenvalue weighted by atomic mass is 16.3. The molecule has 0 aliphatic rings. The lowest BCUT2D eigenvalue weighted by Crippen LogP contribution is -2.19. The van der Waals surface area contributed by atoms with Crippen LogP contribution < -0.4 is 5.32 Å². The quantitative estimate of drug-likeness (QED) is 0.801. The number of hydrogen-bond donors (Lipinski definition) is 2. The van der Waals surface area contributed by atoms with Crippen LogP contribution in [0.3, 0.4) is 0 Å².